The summed E-state index contributed by atoms with van der Waals surface area (Å²) in [6.45, 7) is 0. The summed E-state index contributed by atoms with van der Waals surface area (Å²) in [4.78, 5) is 44.1. The number of hydrogen-bond acceptors (Lipinski definition) is 5. The molecule has 7 heteroatoms. The van der Waals surface area contributed by atoms with E-state index in [4.69, 9.17) is 5.11 Å². The van der Waals surface area contributed by atoms with Gasteiger partial charge in [-0.2, -0.15) is 0 Å². The standard InChI is InChI=1S/C10H9NO6/c12-8-4-2-1-3-5(10(14)15)6(4)9(13)7(8)11(16)17/h1,3-7H,2H2,(H,14,15). The van der Waals surface area contributed by atoms with E-state index in [2.05, 4.69) is 0 Å². The van der Waals surface area contributed by atoms with Crippen molar-refractivity contribution in [3.63, 3.8) is 0 Å². The Hall–Kier alpha value is -2.05. The van der Waals surface area contributed by atoms with Gasteiger partial charge in [-0.15, -0.1) is 0 Å². The Kier molecular flexibility index (Phi) is 2.53. The van der Waals surface area contributed by atoms with Crippen molar-refractivity contribution in [2.45, 2.75) is 12.5 Å². The minimum Gasteiger partial charge on any atom is -0.481 e. The van der Waals surface area contributed by atoms with Gasteiger partial charge in [0.2, 0.25) is 11.6 Å². The first-order valence-electron chi connectivity index (χ1n) is 5.05. The highest BCUT2D eigenvalue weighted by atomic mass is 16.6. The average molecular weight is 239 g/mol. The molecule has 0 heterocycles. The monoisotopic (exact) mass is 239 g/mol. The lowest BCUT2D eigenvalue weighted by atomic mass is 9.77. The lowest BCUT2D eigenvalue weighted by Crippen LogP contribution is -2.35. The molecule has 4 atom stereocenters. The van der Waals surface area contributed by atoms with Gasteiger partial charge in [-0.25, -0.2) is 0 Å². The summed E-state index contributed by atoms with van der Waals surface area (Å²) >= 11 is 0. The molecular formula is C10H9NO6. The van der Waals surface area contributed by atoms with E-state index in [1.807, 2.05) is 0 Å². The van der Waals surface area contributed by atoms with Crippen LogP contribution in [0.3, 0.4) is 0 Å². The van der Waals surface area contributed by atoms with Gasteiger partial charge in [-0.3, -0.25) is 24.5 Å². The number of aliphatic carboxylic acids is 1. The van der Waals surface area contributed by atoms with Crippen LogP contribution in [0.4, 0.5) is 0 Å². The van der Waals surface area contributed by atoms with Gasteiger partial charge < -0.3 is 5.11 Å². The van der Waals surface area contributed by atoms with Crippen molar-refractivity contribution >= 4 is 17.5 Å². The number of carboxylic acids is 1. The molecule has 0 bridgehead atoms. The summed E-state index contributed by atoms with van der Waals surface area (Å²) < 4.78 is 0. The number of carbonyl (C=O) groups is 3. The van der Waals surface area contributed by atoms with Crippen LogP contribution in [0.15, 0.2) is 12.2 Å². The van der Waals surface area contributed by atoms with Gasteiger partial charge in [-0.05, 0) is 6.42 Å². The molecule has 1 saturated carbocycles. The van der Waals surface area contributed by atoms with Gasteiger partial charge in [0.05, 0.1) is 11.8 Å². The van der Waals surface area contributed by atoms with Crippen molar-refractivity contribution in [3.8, 4) is 0 Å². The van der Waals surface area contributed by atoms with Crippen LogP contribution in [0, 0.1) is 27.9 Å². The zero-order chi connectivity index (χ0) is 12.7. The predicted molar refractivity (Wildman–Crippen MR) is 52.7 cm³/mol. The number of nitrogens with zero attached hydrogens (tertiary/aromatic N) is 1. The number of nitro groups is 1. The summed E-state index contributed by atoms with van der Waals surface area (Å²) in [7, 11) is 0. The Balaban J connectivity index is 2.41. The summed E-state index contributed by atoms with van der Waals surface area (Å²) in [5.41, 5.74) is 0. The molecule has 17 heavy (non-hydrogen) atoms. The van der Waals surface area contributed by atoms with Crippen LogP contribution in [0.2, 0.25) is 0 Å². The number of fused-ring (bicyclic) bond motifs is 1. The Morgan fingerprint density at radius 3 is 2.59 bits per heavy atom. The fraction of sp³-hybridized carbons (Fsp3) is 0.500. The molecule has 2 rings (SSSR count). The largest absolute Gasteiger partial charge is 0.481 e. The quantitative estimate of drug-likeness (QED) is 0.305. The number of rotatable bonds is 2. The third-order valence-corrected chi connectivity index (χ3v) is 3.28. The zero-order valence-electron chi connectivity index (χ0n) is 8.61. The van der Waals surface area contributed by atoms with Crippen LogP contribution in [-0.2, 0) is 14.4 Å². The Morgan fingerprint density at radius 2 is 2.06 bits per heavy atom. The maximum atomic E-state index is 11.7. The topological polar surface area (TPSA) is 115 Å². The van der Waals surface area contributed by atoms with Crippen LogP contribution in [-0.4, -0.2) is 33.6 Å². The lowest BCUT2D eigenvalue weighted by Gasteiger charge is -2.23. The van der Waals surface area contributed by atoms with Crippen LogP contribution < -0.4 is 0 Å². The first-order valence-corrected chi connectivity index (χ1v) is 5.05. The van der Waals surface area contributed by atoms with E-state index in [9.17, 15) is 24.5 Å². The van der Waals surface area contributed by atoms with E-state index in [1.165, 1.54) is 12.2 Å². The van der Waals surface area contributed by atoms with Gasteiger partial charge in [0.25, 0.3) is 0 Å². The first kappa shape index (κ1) is 11.4. The second-order valence-corrected chi connectivity index (χ2v) is 4.15. The SMILES string of the molecule is O=C(O)C1C=CCC2C(=O)C([N+](=O)[O-])C(=O)C12. The molecule has 0 aromatic rings. The maximum Gasteiger partial charge on any atom is 0.328 e. The number of ketones is 2. The number of allylic oxidation sites excluding steroid dienone is 1. The lowest BCUT2D eigenvalue weighted by molar-refractivity contribution is -0.492. The van der Waals surface area contributed by atoms with E-state index in [-0.39, 0.29) is 6.42 Å². The fourth-order valence-corrected chi connectivity index (χ4v) is 2.53. The molecule has 0 spiro atoms. The number of Topliss-reactive ketones (excluding diaryl/α,β-unsaturated/α-hetero) is 2. The van der Waals surface area contributed by atoms with E-state index in [1.54, 1.807) is 0 Å². The molecule has 0 saturated heterocycles. The van der Waals surface area contributed by atoms with Gasteiger partial charge in [0.15, 0.2) is 0 Å². The van der Waals surface area contributed by atoms with Crippen LogP contribution in [0.1, 0.15) is 6.42 Å². The molecule has 0 aliphatic heterocycles. The van der Waals surface area contributed by atoms with Crippen molar-refractivity contribution in [1.82, 2.24) is 0 Å². The summed E-state index contributed by atoms with van der Waals surface area (Å²) in [6, 6.07) is -1.88. The summed E-state index contributed by atoms with van der Waals surface area (Å²) in [6.07, 6.45) is 3.02. The highest BCUT2D eigenvalue weighted by Crippen LogP contribution is 2.39. The minimum atomic E-state index is -1.88. The number of carboxylic acid groups (broad SMARTS) is 1. The fourth-order valence-electron chi connectivity index (χ4n) is 2.53. The first-order chi connectivity index (χ1) is 7.95. The molecule has 90 valence electrons. The molecule has 7 nitrogen and oxygen atoms in total. The molecule has 0 aromatic carbocycles. The van der Waals surface area contributed by atoms with E-state index in [0.717, 1.165) is 0 Å². The number of hydrogen-bond donors (Lipinski definition) is 1. The maximum absolute atomic E-state index is 11.7. The highest BCUT2D eigenvalue weighted by molar-refractivity contribution is 6.15. The molecule has 2 aliphatic rings. The number of carbonyl (C=O) groups excluding carboxylic acids is 2. The van der Waals surface area contributed by atoms with Crippen molar-refractivity contribution in [2.24, 2.45) is 17.8 Å². The van der Waals surface area contributed by atoms with Gasteiger partial charge in [-0.1, -0.05) is 12.2 Å². The molecule has 1 N–H and O–H groups in total. The molecule has 4 unspecified atom stereocenters. The Bertz CT molecular complexity index is 454. The normalized spacial score (nSPS) is 35.8. The van der Waals surface area contributed by atoms with Gasteiger partial charge >= 0.3 is 12.0 Å². The van der Waals surface area contributed by atoms with Crippen molar-refractivity contribution < 1.29 is 24.4 Å². The summed E-state index contributed by atoms with van der Waals surface area (Å²) in [5.74, 6) is -5.94. The van der Waals surface area contributed by atoms with Crippen LogP contribution >= 0.6 is 0 Å². The summed E-state index contributed by atoms with van der Waals surface area (Å²) in [5, 5.41) is 19.6. The van der Waals surface area contributed by atoms with Crippen molar-refractivity contribution in [1.29, 1.82) is 0 Å². The highest BCUT2D eigenvalue weighted by Gasteiger charge is 2.59. The smallest absolute Gasteiger partial charge is 0.328 e. The Morgan fingerprint density at radius 1 is 1.41 bits per heavy atom. The molecule has 0 radical (unpaired) electrons. The second-order valence-electron chi connectivity index (χ2n) is 4.15. The molecule has 2 aliphatic carbocycles. The molecular weight excluding hydrogens is 230 g/mol. The third-order valence-electron chi connectivity index (χ3n) is 3.28. The Labute approximate surface area is 95.3 Å². The van der Waals surface area contributed by atoms with Gasteiger partial charge in [0, 0.05) is 10.8 Å². The van der Waals surface area contributed by atoms with Crippen molar-refractivity contribution in [3.05, 3.63) is 22.3 Å². The second kappa shape index (κ2) is 3.76. The van der Waals surface area contributed by atoms with Gasteiger partial charge in [0.1, 0.15) is 0 Å². The van der Waals surface area contributed by atoms with E-state index < -0.39 is 46.3 Å². The molecule has 1 fully saturated rings. The molecule has 0 amide bonds. The predicted octanol–water partition coefficient (Wildman–Crippen LogP) is -0.323. The van der Waals surface area contributed by atoms with E-state index in [0.29, 0.717) is 0 Å². The van der Waals surface area contributed by atoms with E-state index >= 15 is 0 Å². The van der Waals surface area contributed by atoms with Crippen LogP contribution in [0.25, 0.3) is 0 Å². The zero-order valence-corrected chi connectivity index (χ0v) is 8.61. The average Bonchev–Trinajstić information content (AvgIpc) is 2.51. The third kappa shape index (κ3) is 1.54. The van der Waals surface area contributed by atoms with Crippen molar-refractivity contribution in [2.75, 3.05) is 0 Å². The minimum absolute atomic E-state index is 0.198. The van der Waals surface area contributed by atoms with Crippen LogP contribution in [0.5, 0.6) is 0 Å². The molecule has 0 aromatic heterocycles.